The molecule has 4 rings (SSSR count). The average Bonchev–Trinajstić information content (AvgIpc) is 3.29. The molecule has 3 aromatic rings. The highest BCUT2D eigenvalue weighted by molar-refractivity contribution is 5.81. The number of nitrogens with zero attached hydrogens (tertiary/aromatic N) is 4. The summed E-state index contributed by atoms with van der Waals surface area (Å²) in [7, 11) is 1.66. The molecule has 1 fully saturated rings. The summed E-state index contributed by atoms with van der Waals surface area (Å²) in [6.45, 7) is 5.88. The summed E-state index contributed by atoms with van der Waals surface area (Å²) in [5, 5.41) is 7.86. The predicted octanol–water partition coefficient (Wildman–Crippen LogP) is 2.46. The smallest absolute Gasteiger partial charge is 0.237 e. The average molecular weight is 436 g/mol. The van der Waals surface area contributed by atoms with Crippen LogP contribution in [0.2, 0.25) is 0 Å². The van der Waals surface area contributed by atoms with Crippen LogP contribution >= 0.6 is 0 Å². The van der Waals surface area contributed by atoms with Crippen molar-refractivity contribution in [3.05, 3.63) is 54.9 Å². The Morgan fingerprint density at radius 3 is 2.75 bits per heavy atom. The Balaban J connectivity index is 1.50. The van der Waals surface area contributed by atoms with Crippen LogP contribution in [0.4, 0.5) is 0 Å². The van der Waals surface area contributed by atoms with E-state index in [2.05, 4.69) is 15.2 Å². The second-order valence-corrected chi connectivity index (χ2v) is 7.73. The molecule has 1 amide bonds. The Morgan fingerprint density at radius 2 is 2.00 bits per heavy atom. The number of carbonyl (C=O) groups excluding carboxylic acids is 1. The summed E-state index contributed by atoms with van der Waals surface area (Å²) in [5.74, 6) is 0.806. The lowest BCUT2D eigenvalue weighted by molar-refractivity contribution is -0.127. The zero-order valence-corrected chi connectivity index (χ0v) is 18.5. The molecule has 0 spiro atoms. The van der Waals surface area contributed by atoms with Gasteiger partial charge in [-0.15, -0.1) is 0 Å². The Hall–Kier alpha value is -3.23. The van der Waals surface area contributed by atoms with Gasteiger partial charge in [-0.3, -0.25) is 19.4 Å². The Morgan fingerprint density at radius 1 is 1.19 bits per heavy atom. The maximum atomic E-state index is 12.6. The number of pyridine rings is 1. The van der Waals surface area contributed by atoms with Crippen LogP contribution in [-0.4, -0.2) is 71.6 Å². The first-order chi connectivity index (χ1) is 15.7. The minimum Gasteiger partial charge on any atom is -0.497 e. The van der Waals surface area contributed by atoms with E-state index in [1.165, 1.54) is 0 Å². The molecule has 8 nitrogen and oxygen atoms in total. The van der Waals surface area contributed by atoms with Crippen LogP contribution in [0.15, 0.2) is 54.9 Å². The molecule has 1 aliphatic heterocycles. The van der Waals surface area contributed by atoms with Crippen molar-refractivity contribution in [1.82, 2.24) is 25.0 Å². The zero-order chi connectivity index (χ0) is 22.3. The lowest BCUT2D eigenvalue weighted by Crippen LogP contribution is -2.50. The largest absolute Gasteiger partial charge is 0.497 e. The topological polar surface area (TPSA) is 81.5 Å². The fourth-order valence-corrected chi connectivity index (χ4v) is 3.82. The van der Waals surface area contributed by atoms with E-state index in [4.69, 9.17) is 14.6 Å². The zero-order valence-electron chi connectivity index (χ0n) is 18.5. The third-order valence-electron chi connectivity index (χ3n) is 5.70. The molecule has 0 saturated carbocycles. The van der Waals surface area contributed by atoms with Gasteiger partial charge in [0.05, 0.1) is 44.3 Å². The van der Waals surface area contributed by atoms with E-state index in [1.807, 2.05) is 54.1 Å². The van der Waals surface area contributed by atoms with Gasteiger partial charge in [-0.2, -0.15) is 5.10 Å². The van der Waals surface area contributed by atoms with Gasteiger partial charge in [0.15, 0.2) is 0 Å². The quantitative estimate of drug-likeness (QED) is 0.585. The first kappa shape index (κ1) is 22.0. The number of hydrogen-bond acceptors (Lipinski definition) is 6. The molecule has 0 unspecified atom stereocenters. The Bertz CT molecular complexity index is 1030. The Kier molecular flexibility index (Phi) is 7.14. The molecule has 3 heterocycles. The van der Waals surface area contributed by atoms with Crippen LogP contribution in [0.3, 0.4) is 0 Å². The second kappa shape index (κ2) is 10.4. The minimum absolute atomic E-state index is 0.0227. The third-order valence-corrected chi connectivity index (χ3v) is 5.70. The second-order valence-electron chi connectivity index (χ2n) is 7.73. The van der Waals surface area contributed by atoms with Crippen molar-refractivity contribution < 1.29 is 14.3 Å². The van der Waals surface area contributed by atoms with E-state index in [1.54, 1.807) is 19.5 Å². The summed E-state index contributed by atoms with van der Waals surface area (Å²) in [4.78, 5) is 19.0. The lowest BCUT2D eigenvalue weighted by Gasteiger charge is -2.31. The van der Waals surface area contributed by atoms with Crippen LogP contribution in [-0.2, 0) is 16.1 Å². The molecule has 168 valence electrons. The molecule has 1 aliphatic rings. The molecule has 1 aromatic carbocycles. The van der Waals surface area contributed by atoms with E-state index in [9.17, 15) is 4.79 Å². The van der Waals surface area contributed by atoms with Gasteiger partial charge in [0.2, 0.25) is 5.91 Å². The SMILES string of the molecule is COc1cccc(-c2cc(-c3cccnc3)nn2CCNC(=O)[C@@H](C)N2CCOCC2)c1. The number of rotatable bonds is 8. The summed E-state index contributed by atoms with van der Waals surface area (Å²) in [6, 6.07) is 13.6. The standard InChI is InChI=1S/C24H29N5O3/c1-18(28-11-13-32-14-12-28)24(30)26-9-10-29-23(19-5-3-7-21(15-19)31-2)16-22(27-29)20-6-4-8-25-17-20/h3-8,15-18H,9-14H2,1-2H3,(H,26,30)/t18-/m1/s1. The predicted molar refractivity (Wildman–Crippen MR) is 122 cm³/mol. The van der Waals surface area contributed by atoms with Crippen molar-refractivity contribution in [2.45, 2.75) is 19.5 Å². The highest BCUT2D eigenvalue weighted by Crippen LogP contribution is 2.28. The normalized spacial score (nSPS) is 15.3. The van der Waals surface area contributed by atoms with E-state index in [-0.39, 0.29) is 11.9 Å². The fraction of sp³-hybridized carbons (Fsp3) is 0.375. The molecule has 1 saturated heterocycles. The summed E-state index contributed by atoms with van der Waals surface area (Å²) < 4.78 is 12.7. The minimum atomic E-state index is -0.180. The lowest BCUT2D eigenvalue weighted by atomic mass is 10.1. The molecule has 8 heteroatoms. The van der Waals surface area contributed by atoms with Crippen molar-refractivity contribution in [2.75, 3.05) is 40.0 Å². The van der Waals surface area contributed by atoms with Gasteiger partial charge in [-0.1, -0.05) is 12.1 Å². The van der Waals surface area contributed by atoms with Gasteiger partial charge in [0.25, 0.3) is 0 Å². The van der Waals surface area contributed by atoms with Gasteiger partial charge in [-0.05, 0) is 37.3 Å². The molecular formula is C24H29N5O3. The van der Waals surface area contributed by atoms with Crippen LogP contribution in [0.25, 0.3) is 22.5 Å². The van der Waals surface area contributed by atoms with Crippen molar-refractivity contribution in [1.29, 1.82) is 0 Å². The number of carbonyl (C=O) groups is 1. The highest BCUT2D eigenvalue weighted by atomic mass is 16.5. The molecule has 1 atom stereocenters. The number of amides is 1. The monoisotopic (exact) mass is 435 g/mol. The highest BCUT2D eigenvalue weighted by Gasteiger charge is 2.23. The van der Waals surface area contributed by atoms with Gasteiger partial charge >= 0.3 is 0 Å². The number of aromatic nitrogens is 3. The van der Waals surface area contributed by atoms with Crippen molar-refractivity contribution >= 4 is 5.91 Å². The van der Waals surface area contributed by atoms with E-state index < -0.39 is 0 Å². The molecular weight excluding hydrogens is 406 g/mol. The number of hydrogen-bond donors (Lipinski definition) is 1. The van der Waals surface area contributed by atoms with E-state index in [0.717, 1.165) is 41.4 Å². The molecule has 0 bridgehead atoms. The van der Waals surface area contributed by atoms with Gasteiger partial charge in [-0.25, -0.2) is 0 Å². The number of ether oxygens (including phenoxy) is 2. The number of morpholine rings is 1. The van der Waals surface area contributed by atoms with Crippen molar-refractivity contribution in [3.63, 3.8) is 0 Å². The Labute approximate surface area is 188 Å². The van der Waals surface area contributed by atoms with E-state index >= 15 is 0 Å². The van der Waals surface area contributed by atoms with Crippen LogP contribution < -0.4 is 10.1 Å². The first-order valence-corrected chi connectivity index (χ1v) is 10.9. The first-order valence-electron chi connectivity index (χ1n) is 10.9. The summed E-state index contributed by atoms with van der Waals surface area (Å²) in [5.41, 5.74) is 3.74. The maximum absolute atomic E-state index is 12.6. The number of nitrogens with one attached hydrogen (secondary N) is 1. The summed E-state index contributed by atoms with van der Waals surface area (Å²) >= 11 is 0. The van der Waals surface area contributed by atoms with E-state index in [0.29, 0.717) is 26.3 Å². The summed E-state index contributed by atoms with van der Waals surface area (Å²) in [6.07, 6.45) is 3.54. The molecule has 2 aromatic heterocycles. The van der Waals surface area contributed by atoms with Gasteiger partial charge < -0.3 is 14.8 Å². The van der Waals surface area contributed by atoms with Gasteiger partial charge in [0.1, 0.15) is 5.75 Å². The van der Waals surface area contributed by atoms with Crippen LogP contribution in [0.5, 0.6) is 5.75 Å². The van der Waals surface area contributed by atoms with Crippen molar-refractivity contribution in [3.8, 4) is 28.3 Å². The number of methoxy groups -OCH3 is 1. The maximum Gasteiger partial charge on any atom is 0.237 e. The molecule has 32 heavy (non-hydrogen) atoms. The molecule has 1 N–H and O–H groups in total. The number of benzene rings is 1. The molecule has 0 radical (unpaired) electrons. The van der Waals surface area contributed by atoms with Crippen LogP contribution in [0, 0.1) is 0 Å². The van der Waals surface area contributed by atoms with Crippen molar-refractivity contribution in [2.24, 2.45) is 0 Å². The third kappa shape index (κ3) is 5.15. The van der Waals surface area contributed by atoms with Crippen LogP contribution in [0.1, 0.15) is 6.92 Å². The fourth-order valence-electron chi connectivity index (χ4n) is 3.82. The van der Waals surface area contributed by atoms with Gasteiger partial charge in [0, 0.05) is 43.2 Å². The molecule has 0 aliphatic carbocycles.